The minimum absolute atomic E-state index is 0.0566. The van der Waals surface area contributed by atoms with E-state index in [0.29, 0.717) is 16.8 Å². The molecule has 3 aliphatic heterocycles. The number of aliphatic carboxylic acids is 1. The normalized spacial score (nSPS) is 25.5. The molecule has 39 heavy (non-hydrogen) atoms. The molecule has 0 saturated carbocycles. The SMILES string of the molecule is O=C(O)CC[C@@H]1N[C@]2(C(=O)N(Cc3ccccc3F)c3ccccc32)[C@@H]2C(=O)N(Cc3ccccc3)C(=O)[C@@H]12. The number of rotatable bonds is 7. The molecule has 2 saturated heterocycles. The van der Waals surface area contributed by atoms with Crippen molar-refractivity contribution in [3.8, 4) is 0 Å². The predicted octanol–water partition coefficient (Wildman–Crippen LogP) is 3.21. The predicted molar refractivity (Wildman–Crippen MR) is 138 cm³/mol. The Kier molecular flexibility index (Phi) is 6.03. The van der Waals surface area contributed by atoms with Crippen molar-refractivity contribution in [1.82, 2.24) is 10.2 Å². The summed E-state index contributed by atoms with van der Waals surface area (Å²) >= 11 is 0. The van der Waals surface area contributed by atoms with Gasteiger partial charge in [-0.3, -0.25) is 29.4 Å². The molecular formula is C30H26FN3O5. The molecule has 3 aliphatic rings. The Morgan fingerprint density at radius 2 is 1.56 bits per heavy atom. The van der Waals surface area contributed by atoms with E-state index in [0.717, 1.165) is 5.56 Å². The van der Waals surface area contributed by atoms with E-state index in [1.807, 2.05) is 30.3 Å². The molecule has 0 aromatic heterocycles. The van der Waals surface area contributed by atoms with Gasteiger partial charge in [0.2, 0.25) is 11.8 Å². The van der Waals surface area contributed by atoms with Crippen molar-refractivity contribution in [2.75, 3.05) is 4.90 Å². The van der Waals surface area contributed by atoms with Crippen molar-refractivity contribution < 1.29 is 28.7 Å². The van der Waals surface area contributed by atoms with Crippen LogP contribution in [-0.2, 0) is 37.8 Å². The molecule has 0 unspecified atom stereocenters. The highest BCUT2D eigenvalue weighted by Crippen LogP contribution is 2.55. The third kappa shape index (κ3) is 3.84. The third-order valence-electron chi connectivity index (χ3n) is 8.10. The number of imide groups is 1. The van der Waals surface area contributed by atoms with Crippen molar-refractivity contribution in [3.05, 3.63) is 101 Å². The number of carboxylic acid groups (broad SMARTS) is 1. The van der Waals surface area contributed by atoms with Crippen LogP contribution in [0.1, 0.15) is 29.5 Å². The van der Waals surface area contributed by atoms with Gasteiger partial charge < -0.3 is 10.0 Å². The van der Waals surface area contributed by atoms with Gasteiger partial charge >= 0.3 is 5.97 Å². The van der Waals surface area contributed by atoms with Crippen molar-refractivity contribution >= 4 is 29.4 Å². The Bertz CT molecular complexity index is 1490. The molecule has 0 radical (unpaired) electrons. The molecule has 198 valence electrons. The minimum atomic E-state index is -1.58. The summed E-state index contributed by atoms with van der Waals surface area (Å²) in [5.74, 6) is -4.82. The zero-order chi connectivity index (χ0) is 27.3. The van der Waals surface area contributed by atoms with E-state index < -0.39 is 52.9 Å². The lowest BCUT2D eigenvalue weighted by atomic mass is 9.76. The van der Waals surface area contributed by atoms with Gasteiger partial charge in [0.05, 0.1) is 24.9 Å². The van der Waals surface area contributed by atoms with Crippen LogP contribution in [-0.4, -0.2) is 39.7 Å². The molecule has 8 nitrogen and oxygen atoms in total. The number of nitrogens with zero attached hydrogens (tertiary/aromatic N) is 2. The minimum Gasteiger partial charge on any atom is -0.481 e. The molecule has 9 heteroatoms. The molecule has 3 aromatic carbocycles. The van der Waals surface area contributed by atoms with E-state index in [9.17, 15) is 28.7 Å². The largest absolute Gasteiger partial charge is 0.481 e. The number of para-hydroxylation sites is 1. The van der Waals surface area contributed by atoms with Crippen molar-refractivity contribution in [2.45, 2.75) is 37.5 Å². The van der Waals surface area contributed by atoms with Gasteiger partial charge in [-0.25, -0.2) is 4.39 Å². The second-order valence-electron chi connectivity index (χ2n) is 10.2. The molecule has 0 bridgehead atoms. The summed E-state index contributed by atoms with van der Waals surface area (Å²) in [5.41, 5.74) is 0.560. The van der Waals surface area contributed by atoms with Crippen LogP contribution < -0.4 is 10.2 Å². The Morgan fingerprint density at radius 3 is 2.31 bits per heavy atom. The number of hydrogen-bond acceptors (Lipinski definition) is 5. The molecule has 1 spiro atoms. The monoisotopic (exact) mass is 527 g/mol. The second kappa shape index (κ2) is 9.43. The molecule has 3 amide bonds. The smallest absolute Gasteiger partial charge is 0.303 e. The Labute approximate surface area is 224 Å². The maximum absolute atomic E-state index is 14.6. The highest BCUT2D eigenvalue weighted by atomic mass is 19.1. The fourth-order valence-corrected chi connectivity index (χ4v) is 6.41. The van der Waals surface area contributed by atoms with E-state index in [-0.39, 0.29) is 25.9 Å². The van der Waals surface area contributed by atoms with Crippen LogP contribution >= 0.6 is 0 Å². The van der Waals surface area contributed by atoms with E-state index in [4.69, 9.17) is 0 Å². The summed E-state index contributed by atoms with van der Waals surface area (Å²) in [6, 6.07) is 21.6. The standard InChI is InChI=1S/C30H26FN3O5/c31-21-12-6-4-10-19(21)17-33-23-13-7-5-11-20(23)30(29(33)39)26-25(22(32-30)14-15-24(35)36)27(37)34(28(26)38)16-18-8-2-1-3-9-18/h1-13,22,25-26,32H,14-17H2,(H,35,36)/t22-,25-,26-,30-/m0/s1. The molecule has 3 aromatic rings. The summed E-state index contributed by atoms with van der Waals surface area (Å²) in [6.07, 6.45) is -0.162. The summed E-state index contributed by atoms with van der Waals surface area (Å²) in [5, 5.41) is 12.7. The quantitative estimate of drug-likeness (QED) is 0.457. The number of carbonyl (C=O) groups excluding carboxylic acids is 3. The maximum atomic E-state index is 14.6. The fraction of sp³-hybridized carbons (Fsp3) is 0.267. The van der Waals surface area contributed by atoms with E-state index in [2.05, 4.69) is 5.32 Å². The molecule has 4 atom stereocenters. The van der Waals surface area contributed by atoms with Crippen molar-refractivity contribution in [1.29, 1.82) is 0 Å². The average molecular weight is 528 g/mol. The molecule has 0 aliphatic carbocycles. The Hall–Kier alpha value is -4.37. The Morgan fingerprint density at radius 1 is 0.872 bits per heavy atom. The van der Waals surface area contributed by atoms with Crippen LogP contribution in [0, 0.1) is 17.7 Å². The van der Waals surface area contributed by atoms with Crippen LogP contribution in [0.15, 0.2) is 78.9 Å². The maximum Gasteiger partial charge on any atom is 0.303 e. The van der Waals surface area contributed by atoms with Gasteiger partial charge in [-0.05, 0) is 24.1 Å². The zero-order valence-electron chi connectivity index (χ0n) is 20.9. The zero-order valence-corrected chi connectivity index (χ0v) is 20.9. The lowest BCUT2D eigenvalue weighted by Gasteiger charge is -2.30. The van der Waals surface area contributed by atoms with Crippen LogP contribution in [0.25, 0.3) is 0 Å². The van der Waals surface area contributed by atoms with Crippen LogP contribution in [0.5, 0.6) is 0 Å². The van der Waals surface area contributed by atoms with E-state index in [1.54, 1.807) is 42.5 Å². The number of anilines is 1. The first-order valence-electron chi connectivity index (χ1n) is 12.9. The summed E-state index contributed by atoms with van der Waals surface area (Å²) in [4.78, 5) is 56.3. The van der Waals surface area contributed by atoms with Gasteiger partial charge in [0, 0.05) is 29.3 Å². The van der Waals surface area contributed by atoms with Gasteiger partial charge in [-0.15, -0.1) is 0 Å². The summed E-state index contributed by atoms with van der Waals surface area (Å²) in [6.45, 7) is 0.00100. The molecule has 6 rings (SSSR count). The summed E-state index contributed by atoms with van der Waals surface area (Å²) < 4.78 is 14.6. The number of amides is 3. The molecule has 2 N–H and O–H groups in total. The summed E-state index contributed by atoms with van der Waals surface area (Å²) in [7, 11) is 0. The second-order valence-corrected chi connectivity index (χ2v) is 10.2. The highest BCUT2D eigenvalue weighted by Gasteiger charge is 2.71. The fourth-order valence-electron chi connectivity index (χ4n) is 6.41. The third-order valence-corrected chi connectivity index (χ3v) is 8.10. The average Bonchev–Trinajstić information content (AvgIpc) is 3.49. The van der Waals surface area contributed by atoms with Crippen LogP contribution in [0.2, 0.25) is 0 Å². The van der Waals surface area contributed by atoms with E-state index >= 15 is 0 Å². The Balaban J connectivity index is 1.44. The number of benzene rings is 3. The van der Waals surface area contributed by atoms with Crippen LogP contribution in [0.4, 0.5) is 10.1 Å². The number of carboxylic acids is 1. The first-order valence-corrected chi connectivity index (χ1v) is 12.9. The van der Waals surface area contributed by atoms with Gasteiger partial charge in [-0.2, -0.15) is 0 Å². The first-order chi connectivity index (χ1) is 18.8. The number of fused-ring (bicyclic) bond motifs is 4. The topological polar surface area (TPSA) is 107 Å². The van der Waals surface area contributed by atoms with E-state index in [1.165, 1.54) is 15.9 Å². The van der Waals surface area contributed by atoms with Gasteiger partial charge in [0.1, 0.15) is 11.4 Å². The lowest BCUT2D eigenvalue weighted by Crippen LogP contribution is -2.55. The number of nitrogens with one attached hydrogen (secondary N) is 1. The number of hydrogen-bond donors (Lipinski definition) is 2. The van der Waals surface area contributed by atoms with Gasteiger partial charge in [-0.1, -0.05) is 66.7 Å². The number of likely N-dealkylation sites (tertiary alicyclic amines) is 1. The lowest BCUT2D eigenvalue weighted by molar-refractivity contribution is -0.144. The van der Waals surface area contributed by atoms with Crippen molar-refractivity contribution in [3.63, 3.8) is 0 Å². The van der Waals surface area contributed by atoms with Gasteiger partial charge in [0.15, 0.2) is 0 Å². The van der Waals surface area contributed by atoms with Crippen LogP contribution in [0.3, 0.4) is 0 Å². The van der Waals surface area contributed by atoms with Gasteiger partial charge in [0.25, 0.3) is 5.91 Å². The molecular weight excluding hydrogens is 501 g/mol. The number of carbonyl (C=O) groups is 4. The molecule has 2 fully saturated rings. The number of halogens is 1. The van der Waals surface area contributed by atoms with Crippen molar-refractivity contribution in [2.24, 2.45) is 11.8 Å². The first kappa shape index (κ1) is 24.9. The molecule has 3 heterocycles. The highest BCUT2D eigenvalue weighted by molar-refractivity contribution is 6.16.